The van der Waals surface area contributed by atoms with Gasteiger partial charge in [-0.25, -0.2) is 0 Å². The van der Waals surface area contributed by atoms with E-state index in [2.05, 4.69) is 4.72 Å². The van der Waals surface area contributed by atoms with Crippen molar-refractivity contribution < 1.29 is 8.42 Å². The van der Waals surface area contributed by atoms with Crippen molar-refractivity contribution in [2.45, 2.75) is 39.3 Å². The number of anilines is 1. The number of rotatable bonds is 4. The van der Waals surface area contributed by atoms with Gasteiger partial charge in [-0.1, -0.05) is 12.1 Å². The van der Waals surface area contributed by atoms with E-state index in [1.807, 2.05) is 39.0 Å². The van der Waals surface area contributed by atoms with Gasteiger partial charge in [-0.3, -0.25) is 4.31 Å². The van der Waals surface area contributed by atoms with Crippen LogP contribution in [0.2, 0.25) is 0 Å². The molecule has 6 heteroatoms. The van der Waals surface area contributed by atoms with Gasteiger partial charge in [-0.05, 0) is 44.4 Å². The van der Waals surface area contributed by atoms with E-state index in [1.165, 1.54) is 4.31 Å². The maximum Gasteiger partial charge on any atom is 0.301 e. The summed E-state index contributed by atoms with van der Waals surface area (Å²) in [7, 11) is -3.45. The lowest BCUT2D eigenvalue weighted by molar-refractivity contribution is 0.566. The standard InChI is InChI=1S/C13H21N3O2S/c1-9(2)15-19(17,18)16-7-6-12-8-11(10(3)14)4-5-13(12)16/h4-5,8-10,15H,6-7,14H2,1-3H3. The average molecular weight is 283 g/mol. The molecule has 0 bridgehead atoms. The summed E-state index contributed by atoms with van der Waals surface area (Å²) in [6.07, 6.45) is 0.731. The first-order valence-corrected chi connectivity index (χ1v) is 7.93. The fraction of sp³-hybridized carbons (Fsp3) is 0.538. The van der Waals surface area contributed by atoms with Crippen molar-refractivity contribution in [3.8, 4) is 0 Å². The molecule has 0 spiro atoms. The predicted molar refractivity (Wildman–Crippen MR) is 77.3 cm³/mol. The van der Waals surface area contributed by atoms with Gasteiger partial charge < -0.3 is 5.73 Å². The Bertz CT molecular complexity index is 567. The summed E-state index contributed by atoms with van der Waals surface area (Å²) in [6.45, 7) is 6.03. The lowest BCUT2D eigenvalue weighted by Gasteiger charge is -2.21. The molecule has 3 N–H and O–H groups in total. The highest BCUT2D eigenvalue weighted by molar-refractivity contribution is 7.90. The van der Waals surface area contributed by atoms with Crippen LogP contribution in [0, 0.1) is 0 Å². The molecule has 1 aromatic carbocycles. The van der Waals surface area contributed by atoms with Crippen LogP contribution in [-0.4, -0.2) is 21.0 Å². The number of hydrogen-bond acceptors (Lipinski definition) is 3. The maximum absolute atomic E-state index is 12.2. The molecule has 0 saturated carbocycles. The van der Waals surface area contributed by atoms with Crippen molar-refractivity contribution in [2.75, 3.05) is 10.8 Å². The second-order valence-corrected chi connectivity index (χ2v) is 6.90. The van der Waals surface area contributed by atoms with E-state index in [0.717, 1.165) is 23.2 Å². The maximum atomic E-state index is 12.2. The highest BCUT2D eigenvalue weighted by Crippen LogP contribution is 2.31. The van der Waals surface area contributed by atoms with Crippen molar-refractivity contribution >= 4 is 15.9 Å². The van der Waals surface area contributed by atoms with Crippen LogP contribution in [0.5, 0.6) is 0 Å². The van der Waals surface area contributed by atoms with Crippen molar-refractivity contribution in [1.82, 2.24) is 4.72 Å². The number of fused-ring (bicyclic) bond motifs is 1. The Balaban J connectivity index is 2.33. The molecule has 2 rings (SSSR count). The van der Waals surface area contributed by atoms with Gasteiger partial charge in [0.2, 0.25) is 0 Å². The summed E-state index contributed by atoms with van der Waals surface area (Å²) in [5, 5.41) is 0. The first-order chi connectivity index (χ1) is 8.81. The van der Waals surface area contributed by atoms with E-state index in [4.69, 9.17) is 5.73 Å². The van der Waals surface area contributed by atoms with Gasteiger partial charge in [0.25, 0.3) is 0 Å². The summed E-state index contributed by atoms with van der Waals surface area (Å²) in [6, 6.07) is 5.60. The van der Waals surface area contributed by atoms with Crippen molar-refractivity contribution in [3.63, 3.8) is 0 Å². The highest BCUT2D eigenvalue weighted by Gasteiger charge is 2.29. The molecule has 1 aliphatic rings. The molecule has 1 aromatic rings. The molecular formula is C13H21N3O2S. The molecular weight excluding hydrogens is 262 g/mol. The molecule has 5 nitrogen and oxygen atoms in total. The van der Waals surface area contributed by atoms with Crippen LogP contribution < -0.4 is 14.8 Å². The molecule has 106 valence electrons. The third-order valence-corrected chi connectivity index (χ3v) is 4.89. The molecule has 0 radical (unpaired) electrons. The zero-order chi connectivity index (χ0) is 14.2. The van der Waals surface area contributed by atoms with Gasteiger partial charge in [0.15, 0.2) is 0 Å². The summed E-state index contributed by atoms with van der Waals surface area (Å²) in [5.74, 6) is 0. The van der Waals surface area contributed by atoms with Crippen molar-refractivity contribution in [3.05, 3.63) is 29.3 Å². The highest BCUT2D eigenvalue weighted by atomic mass is 32.2. The van der Waals surface area contributed by atoms with E-state index >= 15 is 0 Å². The average Bonchev–Trinajstić information content (AvgIpc) is 2.70. The molecule has 0 fully saturated rings. The zero-order valence-electron chi connectivity index (χ0n) is 11.6. The monoisotopic (exact) mass is 283 g/mol. The Morgan fingerprint density at radius 1 is 1.32 bits per heavy atom. The molecule has 0 aromatic heterocycles. The fourth-order valence-corrected chi connectivity index (χ4v) is 3.78. The van der Waals surface area contributed by atoms with Crippen molar-refractivity contribution in [2.24, 2.45) is 5.73 Å². The molecule has 0 aliphatic carbocycles. The van der Waals surface area contributed by atoms with E-state index < -0.39 is 10.2 Å². The smallest absolute Gasteiger partial charge is 0.301 e. The van der Waals surface area contributed by atoms with E-state index in [9.17, 15) is 8.42 Å². The van der Waals surface area contributed by atoms with Crippen LogP contribution in [0.25, 0.3) is 0 Å². The van der Waals surface area contributed by atoms with Gasteiger partial charge in [0, 0.05) is 18.6 Å². The summed E-state index contributed by atoms with van der Waals surface area (Å²) in [5.41, 5.74) is 8.69. The zero-order valence-corrected chi connectivity index (χ0v) is 12.4. The van der Waals surface area contributed by atoms with Gasteiger partial charge in [-0.15, -0.1) is 0 Å². The van der Waals surface area contributed by atoms with Crippen molar-refractivity contribution in [1.29, 1.82) is 0 Å². The molecule has 1 heterocycles. The first-order valence-electron chi connectivity index (χ1n) is 6.49. The summed E-state index contributed by atoms with van der Waals surface area (Å²) < 4.78 is 28.5. The molecule has 19 heavy (non-hydrogen) atoms. The Morgan fingerprint density at radius 2 is 2.00 bits per heavy atom. The lowest BCUT2D eigenvalue weighted by Crippen LogP contribution is -2.42. The van der Waals surface area contributed by atoms with Crippen LogP contribution >= 0.6 is 0 Å². The Labute approximate surface area is 115 Å². The molecule has 0 amide bonds. The molecule has 0 saturated heterocycles. The Morgan fingerprint density at radius 3 is 2.58 bits per heavy atom. The van der Waals surface area contributed by atoms with Gasteiger partial charge in [0.1, 0.15) is 0 Å². The lowest BCUT2D eigenvalue weighted by atomic mass is 10.0. The van der Waals surface area contributed by atoms with E-state index in [-0.39, 0.29) is 12.1 Å². The molecule has 1 aliphatic heterocycles. The molecule has 1 unspecified atom stereocenters. The number of nitrogens with zero attached hydrogens (tertiary/aromatic N) is 1. The second kappa shape index (κ2) is 5.11. The van der Waals surface area contributed by atoms with Gasteiger partial charge >= 0.3 is 10.2 Å². The Kier molecular flexibility index (Phi) is 3.85. The third-order valence-electron chi connectivity index (χ3n) is 3.16. The van der Waals surface area contributed by atoms with E-state index in [1.54, 1.807) is 0 Å². The minimum absolute atomic E-state index is 0.0373. The van der Waals surface area contributed by atoms with E-state index in [0.29, 0.717) is 6.54 Å². The SMILES string of the molecule is CC(C)NS(=O)(=O)N1CCc2cc(C(C)N)ccc21. The summed E-state index contributed by atoms with van der Waals surface area (Å²) in [4.78, 5) is 0. The fourth-order valence-electron chi connectivity index (χ4n) is 2.29. The first kappa shape index (κ1) is 14.3. The van der Waals surface area contributed by atoms with Crippen LogP contribution in [0.3, 0.4) is 0 Å². The number of hydrogen-bond donors (Lipinski definition) is 2. The minimum atomic E-state index is -3.45. The largest absolute Gasteiger partial charge is 0.324 e. The number of benzene rings is 1. The molecule has 1 atom stereocenters. The number of nitrogens with two attached hydrogens (primary N) is 1. The van der Waals surface area contributed by atoms with Gasteiger partial charge in [0.05, 0.1) is 5.69 Å². The van der Waals surface area contributed by atoms with Crippen LogP contribution in [0.15, 0.2) is 18.2 Å². The quantitative estimate of drug-likeness (QED) is 0.875. The topological polar surface area (TPSA) is 75.4 Å². The summed E-state index contributed by atoms with van der Waals surface area (Å²) >= 11 is 0. The number of nitrogens with one attached hydrogen (secondary N) is 1. The second-order valence-electron chi connectivity index (χ2n) is 5.28. The van der Waals surface area contributed by atoms with Crippen LogP contribution in [0.1, 0.15) is 37.9 Å². The predicted octanol–water partition coefficient (Wildman–Crippen LogP) is 1.31. The Hall–Kier alpha value is -1.11. The van der Waals surface area contributed by atoms with Crippen LogP contribution in [-0.2, 0) is 16.6 Å². The van der Waals surface area contributed by atoms with Gasteiger partial charge in [-0.2, -0.15) is 13.1 Å². The minimum Gasteiger partial charge on any atom is -0.324 e. The normalized spacial score (nSPS) is 16.8. The van der Waals surface area contributed by atoms with Crippen LogP contribution in [0.4, 0.5) is 5.69 Å². The third kappa shape index (κ3) is 2.91.